The normalized spacial score (nSPS) is 11.6. The summed E-state index contributed by atoms with van der Waals surface area (Å²) in [6.45, 7) is 14.3. The van der Waals surface area contributed by atoms with Crippen LogP contribution in [0.15, 0.2) is 12.2 Å². The molecule has 0 aromatic carbocycles. The highest BCUT2D eigenvalue weighted by atomic mass is 28.4. The fraction of sp³-hybridized carbons (Fsp3) is 0.857. The topological polar surface area (TPSA) is 54.0 Å². The molecule has 0 fully saturated rings. The standard InChI is InChI=1S/C21H42O5Si/c1-6-9-16-24-27(25-17-10-7-2,26-18-11-8-3)19-14-12-13-15-23-21(22)20(4)5/h4,6-19H2,1-3,5H3. The largest absolute Gasteiger partial charge is 0.500 e. The first-order valence-corrected chi connectivity index (χ1v) is 12.7. The monoisotopic (exact) mass is 402 g/mol. The lowest BCUT2D eigenvalue weighted by atomic mass is 10.3. The summed E-state index contributed by atoms with van der Waals surface area (Å²) in [5.41, 5.74) is 0.444. The van der Waals surface area contributed by atoms with Gasteiger partial charge in [0, 0.05) is 31.4 Å². The summed E-state index contributed by atoms with van der Waals surface area (Å²) in [4.78, 5) is 11.4. The van der Waals surface area contributed by atoms with E-state index >= 15 is 0 Å². The second-order valence-corrected chi connectivity index (χ2v) is 9.75. The Balaban J connectivity index is 4.51. The van der Waals surface area contributed by atoms with Gasteiger partial charge in [-0.25, -0.2) is 4.79 Å². The summed E-state index contributed by atoms with van der Waals surface area (Å²) >= 11 is 0. The average Bonchev–Trinajstić information content (AvgIpc) is 2.64. The number of hydrogen-bond donors (Lipinski definition) is 0. The Morgan fingerprint density at radius 2 is 1.22 bits per heavy atom. The molecule has 0 bridgehead atoms. The maximum atomic E-state index is 11.4. The Bertz CT molecular complexity index is 360. The fourth-order valence-electron chi connectivity index (χ4n) is 2.37. The molecule has 0 aliphatic heterocycles. The molecule has 27 heavy (non-hydrogen) atoms. The van der Waals surface area contributed by atoms with Crippen molar-refractivity contribution in [3.63, 3.8) is 0 Å². The van der Waals surface area contributed by atoms with Gasteiger partial charge >= 0.3 is 14.8 Å². The van der Waals surface area contributed by atoms with Crippen molar-refractivity contribution in [1.29, 1.82) is 0 Å². The third-order valence-electron chi connectivity index (χ3n) is 4.17. The molecule has 0 aromatic rings. The molecular weight excluding hydrogens is 360 g/mol. The van der Waals surface area contributed by atoms with E-state index in [0.29, 0.717) is 32.0 Å². The first kappa shape index (κ1) is 26.3. The summed E-state index contributed by atoms with van der Waals surface area (Å²) < 4.78 is 23.9. The van der Waals surface area contributed by atoms with Crippen molar-refractivity contribution in [3.05, 3.63) is 12.2 Å². The van der Waals surface area contributed by atoms with Crippen LogP contribution in [0.3, 0.4) is 0 Å². The van der Waals surface area contributed by atoms with Crippen LogP contribution in [-0.2, 0) is 22.8 Å². The maximum Gasteiger partial charge on any atom is 0.500 e. The second-order valence-electron chi connectivity index (χ2n) is 7.02. The van der Waals surface area contributed by atoms with Gasteiger partial charge in [-0.2, -0.15) is 0 Å². The number of carbonyl (C=O) groups excluding carboxylic acids is 1. The van der Waals surface area contributed by atoms with Crippen molar-refractivity contribution < 1.29 is 22.8 Å². The van der Waals surface area contributed by atoms with E-state index in [0.717, 1.165) is 63.8 Å². The van der Waals surface area contributed by atoms with Crippen LogP contribution in [0.25, 0.3) is 0 Å². The van der Waals surface area contributed by atoms with E-state index in [9.17, 15) is 4.79 Å². The Kier molecular flexibility index (Phi) is 17.0. The van der Waals surface area contributed by atoms with E-state index in [-0.39, 0.29) is 5.97 Å². The zero-order chi connectivity index (χ0) is 20.4. The molecule has 5 nitrogen and oxygen atoms in total. The minimum absolute atomic E-state index is 0.313. The van der Waals surface area contributed by atoms with Crippen molar-refractivity contribution in [3.8, 4) is 0 Å². The summed E-state index contributed by atoms with van der Waals surface area (Å²) in [5.74, 6) is -0.313. The van der Waals surface area contributed by atoms with Crippen LogP contribution in [0, 0.1) is 0 Å². The third-order valence-corrected chi connectivity index (χ3v) is 7.07. The minimum atomic E-state index is -2.63. The van der Waals surface area contributed by atoms with E-state index in [2.05, 4.69) is 27.4 Å². The molecule has 160 valence electrons. The number of hydrogen-bond acceptors (Lipinski definition) is 5. The van der Waals surface area contributed by atoms with E-state index in [1.54, 1.807) is 6.92 Å². The van der Waals surface area contributed by atoms with Gasteiger partial charge in [0.1, 0.15) is 0 Å². The van der Waals surface area contributed by atoms with Gasteiger partial charge < -0.3 is 18.0 Å². The SMILES string of the molecule is C=C(C)C(=O)OCCCCC[Si](OCCCC)(OCCCC)OCCCC. The van der Waals surface area contributed by atoms with E-state index in [1.807, 2.05) is 0 Å². The summed E-state index contributed by atoms with van der Waals surface area (Å²) in [7, 11) is -2.63. The van der Waals surface area contributed by atoms with Gasteiger partial charge in [-0.15, -0.1) is 0 Å². The molecule has 0 unspecified atom stereocenters. The highest BCUT2D eigenvalue weighted by molar-refractivity contribution is 6.60. The van der Waals surface area contributed by atoms with Crippen LogP contribution in [0.5, 0.6) is 0 Å². The highest BCUT2D eigenvalue weighted by Crippen LogP contribution is 2.22. The zero-order valence-electron chi connectivity index (χ0n) is 18.1. The quantitative estimate of drug-likeness (QED) is 0.121. The van der Waals surface area contributed by atoms with E-state index in [1.165, 1.54) is 0 Å². The lowest BCUT2D eigenvalue weighted by Crippen LogP contribution is -2.46. The Morgan fingerprint density at radius 3 is 1.63 bits per heavy atom. The van der Waals surface area contributed by atoms with Crippen LogP contribution < -0.4 is 0 Å². The van der Waals surface area contributed by atoms with Gasteiger partial charge in [0.15, 0.2) is 0 Å². The maximum absolute atomic E-state index is 11.4. The smallest absolute Gasteiger partial charge is 0.462 e. The molecule has 0 rings (SSSR count). The minimum Gasteiger partial charge on any atom is -0.462 e. The predicted molar refractivity (Wildman–Crippen MR) is 113 cm³/mol. The van der Waals surface area contributed by atoms with Crippen molar-refractivity contribution in [1.82, 2.24) is 0 Å². The molecule has 0 aliphatic carbocycles. The number of ether oxygens (including phenoxy) is 1. The van der Waals surface area contributed by atoms with Gasteiger partial charge in [-0.05, 0) is 39.0 Å². The Hall–Kier alpha value is -0.693. The van der Waals surface area contributed by atoms with E-state index in [4.69, 9.17) is 18.0 Å². The Labute approximate surface area is 168 Å². The first-order chi connectivity index (χ1) is 13.0. The summed E-state index contributed by atoms with van der Waals surface area (Å²) in [6, 6.07) is 0.832. The van der Waals surface area contributed by atoms with Gasteiger partial charge in [-0.3, -0.25) is 0 Å². The molecule has 0 heterocycles. The van der Waals surface area contributed by atoms with Gasteiger partial charge in [0.2, 0.25) is 0 Å². The van der Waals surface area contributed by atoms with Crippen molar-refractivity contribution in [2.75, 3.05) is 26.4 Å². The predicted octanol–water partition coefficient (Wildman–Crippen LogP) is 5.67. The van der Waals surface area contributed by atoms with Gasteiger partial charge in [0.05, 0.1) is 6.61 Å². The third kappa shape index (κ3) is 14.0. The molecule has 0 saturated heterocycles. The fourth-order valence-corrected chi connectivity index (χ4v) is 5.10. The number of esters is 1. The summed E-state index contributed by atoms with van der Waals surface area (Å²) in [5, 5.41) is 0. The molecule has 6 heteroatoms. The van der Waals surface area contributed by atoms with Crippen molar-refractivity contribution >= 4 is 14.8 Å². The number of rotatable bonds is 19. The summed E-state index contributed by atoms with van der Waals surface area (Å²) in [6.07, 6.45) is 9.14. The molecule has 0 aliphatic rings. The van der Waals surface area contributed by atoms with Crippen molar-refractivity contribution in [2.45, 2.75) is 91.5 Å². The zero-order valence-corrected chi connectivity index (χ0v) is 19.1. The highest BCUT2D eigenvalue weighted by Gasteiger charge is 2.40. The van der Waals surface area contributed by atoms with E-state index < -0.39 is 8.80 Å². The first-order valence-electron chi connectivity index (χ1n) is 10.8. The van der Waals surface area contributed by atoms with Crippen LogP contribution in [0.4, 0.5) is 0 Å². The number of unbranched alkanes of at least 4 members (excludes halogenated alkanes) is 5. The number of carbonyl (C=O) groups is 1. The van der Waals surface area contributed by atoms with Gasteiger partial charge in [-0.1, -0.05) is 53.0 Å². The molecule has 0 atom stereocenters. The molecular formula is C21H42O5Si. The lowest BCUT2D eigenvalue weighted by Gasteiger charge is -2.30. The molecule has 0 amide bonds. The van der Waals surface area contributed by atoms with Crippen LogP contribution in [0.1, 0.15) is 85.5 Å². The molecule has 0 radical (unpaired) electrons. The lowest BCUT2D eigenvalue weighted by molar-refractivity contribution is -0.139. The Morgan fingerprint density at radius 1 is 0.741 bits per heavy atom. The molecule has 0 spiro atoms. The van der Waals surface area contributed by atoms with Crippen LogP contribution in [0.2, 0.25) is 6.04 Å². The molecule has 0 aromatic heterocycles. The molecule has 0 N–H and O–H groups in total. The molecule has 0 saturated carbocycles. The van der Waals surface area contributed by atoms with Crippen LogP contribution in [-0.4, -0.2) is 41.2 Å². The van der Waals surface area contributed by atoms with Gasteiger partial charge in [0.25, 0.3) is 0 Å². The van der Waals surface area contributed by atoms with Crippen molar-refractivity contribution in [2.24, 2.45) is 0 Å². The second kappa shape index (κ2) is 17.4. The average molecular weight is 403 g/mol. The van der Waals surface area contributed by atoms with Crippen LogP contribution >= 0.6 is 0 Å².